The minimum atomic E-state index is 0.467. The van der Waals surface area contributed by atoms with E-state index in [-0.39, 0.29) is 0 Å². The molecule has 1 heterocycles. The maximum atomic E-state index is 5.73. The Balaban J connectivity index is 0.000000771. The van der Waals surface area contributed by atoms with Gasteiger partial charge < -0.3 is 9.47 Å². The van der Waals surface area contributed by atoms with E-state index in [9.17, 15) is 0 Å². The van der Waals surface area contributed by atoms with Crippen LogP contribution >= 0.6 is 0 Å². The van der Waals surface area contributed by atoms with Gasteiger partial charge in [0.1, 0.15) is 13.2 Å². The Morgan fingerprint density at radius 1 is 0.889 bits per heavy atom. The lowest BCUT2D eigenvalue weighted by atomic mass is 9.94. The Bertz CT molecular complexity index is 381. The molecule has 0 N–H and O–H groups in total. The van der Waals surface area contributed by atoms with Crippen LogP contribution in [0, 0.1) is 0 Å². The van der Waals surface area contributed by atoms with E-state index in [0.717, 1.165) is 11.5 Å². The summed E-state index contributed by atoms with van der Waals surface area (Å²) in [7, 11) is 0. The van der Waals surface area contributed by atoms with Crippen molar-refractivity contribution in [3.8, 4) is 11.5 Å². The number of benzene rings is 1. The molecule has 1 aromatic rings. The fourth-order valence-corrected chi connectivity index (χ4v) is 1.97. The number of fused-ring (bicyclic) bond motifs is 1. The number of ether oxygens (including phenoxy) is 2. The van der Waals surface area contributed by atoms with Crippen molar-refractivity contribution < 1.29 is 9.47 Å². The van der Waals surface area contributed by atoms with Crippen LogP contribution in [0.4, 0.5) is 0 Å². The van der Waals surface area contributed by atoms with Crippen molar-refractivity contribution in [2.75, 3.05) is 13.2 Å². The lowest BCUT2D eigenvalue weighted by Crippen LogP contribution is -2.17. The van der Waals surface area contributed by atoms with Crippen molar-refractivity contribution >= 4 is 0 Å². The van der Waals surface area contributed by atoms with Crippen molar-refractivity contribution in [3.05, 3.63) is 23.3 Å². The molecule has 0 saturated carbocycles. The summed E-state index contributed by atoms with van der Waals surface area (Å²) >= 11 is 0. The van der Waals surface area contributed by atoms with Crippen LogP contribution in [0.5, 0.6) is 11.5 Å². The molecule has 2 nitrogen and oxygen atoms in total. The molecule has 0 bridgehead atoms. The van der Waals surface area contributed by atoms with E-state index in [0.29, 0.717) is 25.0 Å². The highest BCUT2D eigenvalue weighted by molar-refractivity contribution is 5.52. The Morgan fingerprint density at radius 2 is 1.50 bits per heavy atom. The van der Waals surface area contributed by atoms with E-state index in [4.69, 9.17) is 9.47 Å². The SMILES string of the molecule is CC.CC(C)c1cc2c(c(C(C)C)c1)OCCO2. The third-order valence-corrected chi connectivity index (χ3v) is 2.98. The Kier molecular flexibility index (Phi) is 5.52. The lowest BCUT2D eigenvalue weighted by molar-refractivity contribution is 0.169. The summed E-state index contributed by atoms with van der Waals surface area (Å²) in [6.07, 6.45) is 0. The van der Waals surface area contributed by atoms with Gasteiger partial charge in [-0.2, -0.15) is 0 Å². The monoisotopic (exact) mass is 250 g/mol. The highest BCUT2D eigenvalue weighted by Crippen LogP contribution is 2.40. The van der Waals surface area contributed by atoms with Crippen LogP contribution in [0.2, 0.25) is 0 Å². The normalized spacial score (nSPS) is 13.3. The van der Waals surface area contributed by atoms with Gasteiger partial charge in [-0.25, -0.2) is 0 Å². The zero-order valence-corrected chi connectivity index (χ0v) is 12.5. The van der Waals surface area contributed by atoms with Crippen molar-refractivity contribution in [2.45, 2.75) is 53.4 Å². The van der Waals surface area contributed by atoms with E-state index in [2.05, 4.69) is 39.8 Å². The van der Waals surface area contributed by atoms with Crippen molar-refractivity contribution in [1.29, 1.82) is 0 Å². The molecule has 1 aromatic carbocycles. The topological polar surface area (TPSA) is 18.5 Å². The fraction of sp³-hybridized carbons (Fsp3) is 0.625. The predicted octanol–water partition coefficient (Wildman–Crippen LogP) is 4.73. The van der Waals surface area contributed by atoms with E-state index >= 15 is 0 Å². The zero-order valence-electron chi connectivity index (χ0n) is 12.5. The second-order valence-electron chi connectivity index (χ2n) is 4.94. The van der Waals surface area contributed by atoms with Gasteiger partial charge in [0.15, 0.2) is 11.5 Å². The van der Waals surface area contributed by atoms with Crippen LogP contribution in [-0.2, 0) is 0 Å². The average molecular weight is 250 g/mol. The van der Waals surface area contributed by atoms with Crippen molar-refractivity contribution in [3.63, 3.8) is 0 Å². The van der Waals surface area contributed by atoms with Gasteiger partial charge >= 0.3 is 0 Å². The van der Waals surface area contributed by atoms with Gasteiger partial charge in [-0.15, -0.1) is 0 Å². The summed E-state index contributed by atoms with van der Waals surface area (Å²) in [6.45, 7) is 14.1. The summed E-state index contributed by atoms with van der Waals surface area (Å²) in [5, 5.41) is 0. The molecule has 1 aliphatic heterocycles. The Labute approximate surface area is 111 Å². The van der Waals surface area contributed by atoms with Gasteiger partial charge in [-0.3, -0.25) is 0 Å². The summed E-state index contributed by atoms with van der Waals surface area (Å²) in [5.41, 5.74) is 2.59. The first-order valence-electron chi connectivity index (χ1n) is 7.03. The van der Waals surface area contributed by atoms with Crippen LogP contribution < -0.4 is 9.47 Å². The average Bonchev–Trinajstić information content (AvgIpc) is 2.39. The maximum absolute atomic E-state index is 5.73. The summed E-state index contributed by atoms with van der Waals surface area (Å²) in [4.78, 5) is 0. The van der Waals surface area contributed by atoms with Crippen LogP contribution in [0.25, 0.3) is 0 Å². The molecule has 0 amide bonds. The van der Waals surface area contributed by atoms with Crippen LogP contribution in [0.15, 0.2) is 12.1 Å². The van der Waals surface area contributed by atoms with Gasteiger partial charge in [0.2, 0.25) is 0 Å². The summed E-state index contributed by atoms with van der Waals surface area (Å²) in [6, 6.07) is 4.37. The molecule has 0 fully saturated rings. The van der Waals surface area contributed by atoms with Crippen LogP contribution in [0.1, 0.15) is 64.5 Å². The smallest absolute Gasteiger partial charge is 0.164 e. The number of hydrogen-bond acceptors (Lipinski definition) is 2. The van der Waals surface area contributed by atoms with Gasteiger partial charge in [-0.05, 0) is 23.5 Å². The number of rotatable bonds is 2. The first kappa shape index (κ1) is 14.9. The van der Waals surface area contributed by atoms with Crippen LogP contribution in [-0.4, -0.2) is 13.2 Å². The van der Waals surface area contributed by atoms with E-state index in [1.165, 1.54) is 11.1 Å². The molecule has 18 heavy (non-hydrogen) atoms. The zero-order chi connectivity index (χ0) is 13.7. The molecule has 0 spiro atoms. The molecule has 0 saturated heterocycles. The molecule has 0 unspecified atom stereocenters. The molecule has 0 radical (unpaired) electrons. The molecular formula is C16H26O2. The first-order valence-corrected chi connectivity index (χ1v) is 7.03. The third-order valence-electron chi connectivity index (χ3n) is 2.98. The third kappa shape index (κ3) is 3.18. The summed E-state index contributed by atoms with van der Waals surface area (Å²) in [5.74, 6) is 2.86. The van der Waals surface area contributed by atoms with E-state index < -0.39 is 0 Å². The standard InChI is InChI=1S/C14H20O2.C2H6/c1-9(2)11-7-12(10(3)4)14-13(8-11)15-5-6-16-14;1-2/h7-10H,5-6H2,1-4H3;1-2H3. The summed E-state index contributed by atoms with van der Waals surface area (Å²) < 4.78 is 11.4. The van der Waals surface area contributed by atoms with Gasteiger partial charge in [-0.1, -0.05) is 47.6 Å². The second kappa shape index (κ2) is 6.67. The molecule has 2 heteroatoms. The molecule has 102 valence electrons. The maximum Gasteiger partial charge on any atom is 0.164 e. The van der Waals surface area contributed by atoms with Crippen LogP contribution in [0.3, 0.4) is 0 Å². The largest absolute Gasteiger partial charge is 0.486 e. The van der Waals surface area contributed by atoms with E-state index in [1.807, 2.05) is 13.8 Å². The minimum absolute atomic E-state index is 0.467. The highest BCUT2D eigenvalue weighted by Gasteiger charge is 2.20. The molecule has 2 rings (SSSR count). The predicted molar refractivity (Wildman–Crippen MR) is 77.0 cm³/mol. The quantitative estimate of drug-likeness (QED) is 0.755. The molecule has 1 aliphatic rings. The minimum Gasteiger partial charge on any atom is -0.486 e. The van der Waals surface area contributed by atoms with Crippen molar-refractivity contribution in [2.24, 2.45) is 0 Å². The van der Waals surface area contributed by atoms with Crippen molar-refractivity contribution in [1.82, 2.24) is 0 Å². The molecule has 0 aromatic heterocycles. The highest BCUT2D eigenvalue weighted by atomic mass is 16.6. The van der Waals surface area contributed by atoms with Gasteiger partial charge in [0.25, 0.3) is 0 Å². The fourth-order valence-electron chi connectivity index (χ4n) is 1.97. The lowest BCUT2D eigenvalue weighted by Gasteiger charge is -2.24. The first-order chi connectivity index (χ1) is 8.59. The second-order valence-corrected chi connectivity index (χ2v) is 4.94. The molecule has 0 aliphatic carbocycles. The Morgan fingerprint density at radius 3 is 2.06 bits per heavy atom. The molecular weight excluding hydrogens is 224 g/mol. The van der Waals surface area contributed by atoms with Gasteiger partial charge in [0, 0.05) is 5.56 Å². The van der Waals surface area contributed by atoms with Gasteiger partial charge in [0.05, 0.1) is 0 Å². The molecule has 0 atom stereocenters. The Hall–Kier alpha value is -1.18. The number of hydrogen-bond donors (Lipinski definition) is 0. The van der Waals surface area contributed by atoms with E-state index in [1.54, 1.807) is 0 Å².